The van der Waals surface area contributed by atoms with Crippen LogP contribution in [0.15, 0.2) is 16.4 Å². The Morgan fingerprint density at radius 3 is 2.58 bits per heavy atom. The first kappa shape index (κ1) is 9.52. The molecule has 0 atom stereocenters. The van der Waals surface area contributed by atoms with Gasteiger partial charge in [-0.05, 0) is 11.8 Å². The number of thiazole rings is 1. The number of aromatic nitrogens is 1. The number of nitrogens with zero attached hydrogens (tertiary/aromatic N) is 1. The molecular weight excluding hydrogens is 170 g/mol. The van der Waals surface area contributed by atoms with Crippen molar-refractivity contribution in [1.82, 2.24) is 4.57 Å². The number of hydrogen-bond acceptors (Lipinski definition) is 2. The molecule has 1 aromatic rings. The van der Waals surface area contributed by atoms with E-state index in [1.165, 1.54) is 11.3 Å². The Morgan fingerprint density at radius 2 is 2.17 bits per heavy atom. The smallest absolute Gasteiger partial charge is 0.306 e. The third kappa shape index (κ3) is 2.81. The van der Waals surface area contributed by atoms with Crippen LogP contribution in [0.2, 0.25) is 0 Å². The van der Waals surface area contributed by atoms with E-state index in [2.05, 4.69) is 20.8 Å². The standard InChI is InChI=1S/C9H15NOS/c1-9(2,3)4-5-10-6-7-12-8(10)11/h6-7H,4-5H2,1-3H3. The summed E-state index contributed by atoms with van der Waals surface area (Å²) in [4.78, 5) is 11.3. The maximum atomic E-state index is 11.1. The quantitative estimate of drug-likeness (QED) is 0.693. The Kier molecular flexibility index (Phi) is 2.73. The van der Waals surface area contributed by atoms with Crippen molar-refractivity contribution in [3.63, 3.8) is 0 Å². The largest absolute Gasteiger partial charge is 0.307 e. The fraction of sp³-hybridized carbons (Fsp3) is 0.667. The molecule has 12 heavy (non-hydrogen) atoms. The van der Waals surface area contributed by atoms with E-state index in [1.807, 2.05) is 11.6 Å². The Balaban J connectivity index is 2.55. The average molecular weight is 185 g/mol. The van der Waals surface area contributed by atoms with Crippen molar-refractivity contribution in [1.29, 1.82) is 0 Å². The third-order valence-corrected chi connectivity index (χ3v) is 2.44. The van der Waals surface area contributed by atoms with E-state index in [9.17, 15) is 4.79 Å². The van der Waals surface area contributed by atoms with Crippen molar-refractivity contribution in [2.45, 2.75) is 33.7 Å². The monoisotopic (exact) mass is 185 g/mol. The molecule has 68 valence electrons. The summed E-state index contributed by atoms with van der Waals surface area (Å²) in [6.45, 7) is 7.39. The van der Waals surface area contributed by atoms with E-state index >= 15 is 0 Å². The molecule has 0 aliphatic rings. The van der Waals surface area contributed by atoms with E-state index in [0.717, 1.165) is 13.0 Å². The molecule has 0 spiro atoms. The van der Waals surface area contributed by atoms with Gasteiger partial charge in [0, 0.05) is 18.1 Å². The lowest BCUT2D eigenvalue weighted by atomic mass is 9.92. The SMILES string of the molecule is CC(C)(C)CCn1ccsc1=O. The number of aryl methyl sites for hydroxylation is 1. The zero-order valence-electron chi connectivity index (χ0n) is 7.83. The normalized spacial score (nSPS) is 11.9. The highest BCUT2D eigenvalue weighted by atomic mass is 32.1. The Morgan fingerprint density at radius 1 is 1.50 bits per heavy atom. The third-order valence-electron chi connectivity index (χ3n) is 1.75. The lowest BCUT2D eigenvalue weighted by molar-refractivity contribution is 0.349. The molecule has 0 bridgehead atoms. The average Bonchev–Trinajstić information content (AvgIpc) is 2.29. The highest BCUT2D eigenvalue weighted by Crippen LogP contribution is 2.18. The van der Waals surface area contributed by atoms with Gasteiger partial charge in [-0.2, -0.15) is 0 Å². The summed E-state index contributed by atoms with van der Waals surface area (Å²) in [6, 6.07) is 0. The van der Waals surface area contributed by atoms with Gasteiger partial charge in [-0.15, -0.1) is 0 Å². The number of hydrogen-bond donors (Lipinski definition) is 0. The molecule has 0 aliphatic heterocycles. The second-order valence-electron chi connectivity index (χ2n) is 4.17. The number of rotatable bonds is 2. The van der Waals surface area contributed by atoms with Gasteiger partial charge < -0.3 is 4.57 Å². The van der Waals surface area contributed by atoms with Gasteiger partial charge in [0.05, 0.1) is 0 Å². The van der Waals surface area contributed by atoms with Gasteiger partial charge in [0.1, 0.15) is 0 Å². The van der Waals surface area contributed by atoms with Crippen LogP contribution < -0.4 is 4.87 Å². The van der Waals surface area contributed by atoms with Crippen molar-refractivity contribution < 1.29 is 0 Å². The molecule has 0 aromatic carbocycles. The first-order chi connectivity index (χ1) is 5.49. The van der Waals surface area contributed by atoms with Gasteiger partial charge >= 0.3 is 4.87 Å². The molecule has 0 amide bonds. The predicted octanol–water partition coefficient (Wildman–Crippen LogP) is 2.35. The minimum Gasteiger partial charge on any atom is -0.306 e. The van der Waals surface area contributed by atoms with Crippen molar-refractivity contribution in [2.75, 3.05) is 0 Å². The first-order valence-corrected chi connectivity index (χ1v) is 5.01. The fourth-order valence-electron chi connectivity index (χ4n) is 0.912. The molecule has 1 heterocycles. The van der Waals surface area contributed by atoms with E-state index in [1.54, 1.807) is 4.57 Å². The summed E-state index contributed by atoms with van der Waals surface area (Å²) in [7, 11) is 0. The highest BCUT2D eigenvalue weighted by Gasteiger charge is 2.10. The molecule has 0 saturated heterocycles. The topological polar surface area (TPSA) is 22.0 Å². The van der Waals surface area contributed by atoms with Gasteiger partial charge in [0.15, 0.2) is 0 Å². The Bertz CT molecular complexity index is 292. The molecule has 0 radical (unpaired) electrons. The first-order valence-electron chi connectivity index (χ1n) is 4.13. The van der Waals surface area contributed by atoms with Gasteiger partial charge in [-0.1, -0.05) is 32.1 Å². The molecular formula is C9H15NOS. The van der Waals surface area contributed by atoms with Crippen LogP contribution in [0.4, 0.5) is 0 Å². The van der Waals surface area contributed by atoms with Crippen LogP contribution in [0.25, 0.3) is 0 Å². The molecule has 0 unspecified atom stereocenters. The molecule has 0 N–H and O–H groups in total. The molecule has 1 aromatic heterocycles. The van der Waals surface area contributed by atoms with Crippen molar-refractivity contribution >= 4 is 11.3 Å². The van der Waals surface area contributed by atoms with E-state index < -0.39 is 0 Å². The zero-order chi connectivity index (χ0) is 9.19. The van der Waals surface area contributed by atoms with Crippen LogP contribution >= 0.6 is 11.3 Å². The van der Waals surface area contributed by atoms with E-state index in [0.29, 0.717) is 5.41 Å². The van der Waals surface area contributed by atoms with Gasteiger partial charge in [0.2, 0.25) is 0 Å². The van der Waals surface area contributed by atoms with Crippen molar-refractivity contribution in [2.24, 2.45) is 5.41 Å². The van der Waals surface area contributed by atoms with E-state index in [4.69, 9.17) is 0 Å². The van der Waals surface area contributed by atoms with Crippen LogP contribution in [0.5, 0.6) is 0 Å². The molecule has 0 aliphatic carbocycles. The minimum atomic E-state index is 0.152. The summed E-state index contributed by atoms with van der Waals surface area (Å²) in [5, 5.41) is 1.84. The maximum Gasteiger partial charge on any atom is 0.307 e. The highest BCUT2D eigenvalue weighted by molar-refractivity contribution is 7.07. The van der Waals surface area contributed by atoms with E-state index in [-0.39, 0.29) is 4.87 Å². The summed E-state index contributed by atoms with van der Waals surface area (Å²) in [5.41, 5.74) is 0.307. The van der Waals surface area contributed by atoms with Crippen LogP contribution in [0.1, 0.15) is 27.2 Å². The molecule has 1 rings (SSSR count). The van der Waals surface area contributed by atoms with Crippen molar-refractivity contribution in [3.05, 3.63) is 21.2 Å². The van der Waals surface area contributed by atoms with Crippen LogP contribution in [0, 0.1) is 5.41 Å². The minimum absolute atomic E-state index is 0.152. The second kappa shape index (κ2) is 3.44. The van der Waals surface area contributed by atoms with Crippen LogP contribution in [0.3, 0.4) is 0 Å². The van der Waals surface area contributed by atoms with Crippen LogP contribution in [-0.2, 0) is 6.54 Å². The predicted molar refractivity (Wildman–Crippen MR) is 52.7 cm³/mol. The summed E-state index contributed by atoms with van der Waals surface area (Å²) in [6.07, 6.45) is 2.91. The lowest BCUT2D eigenvalue weighted by Gasteiger charge is -2.17. The van der Waals surface area contributed by atoms with Gasteiger partial charge in [-0.25, -0.2) is 0 Å². The second-order valence-corrected chi connectivity index (χ2v) is 5.03. The van der Waals surface area contributed by atoms with Crippen LogP contribution in [-0.4, -0.2) is 4.57 Å². The zero-order valence-corrected chi connectivity index (χ0v) is 8.65. The Labute approximate surface area is 76.9 Å². The summed E-state index contributed by atoms with van der Waals surface area (Å²) >= 11 is 1.26. The maximum absolute atomic E-state index is 11.1. The van der Waals surface area contributed by atoms with Gasteiger partial charge in [0.25, 0.3) is 0 Å². The molecule has 0 fully saturated rings. The molecule has 2 nitrogen and oxygen atoms in total. The lowest BCUT2D eigenvalue weighted by Crippen LogP contribution is -2.16. The molecule has 3 heteroatoms. The summed E-state index contributed by atoms with van der Waals surface area (Å²) in [5.74, 6) is 0. The van der Waals surface area contributed by atoms with Gasteiger partial charge in [-0.3, -0.25) is 4.79 Å². The fourth-order valence-corrected chi connectivity index (χ4v) is 1.52. The summed E-state index contributed by atoms with van der Waals surface area (Å²) < 4.78 is 1.77. The van der Waals surface area contributed by atoms with Crippen molar-refractivity contribution in [3.8, 4) is 0 Å². The Hall–Kier alpha value is -0.570. The molecule has 0 saturated carbocycles.